The summed E-state index contributed by atoms with van der Waals surface area (Å²) in [4.78, 5) is 8.80. The fourth-order valence-electron chi connectivity index (χ4n) is 2.35. The van der Waals surface area contributed by atoms with Gasteiger partial charge in [-0.25, -0.2) is 13.4 Å². The third-order valence-corrected chi connectivity index (χ3v) is 5.11. The quantitative estimate of drug-likeness (QED) is 0.346. The second-order valence-corrected chi connectivity index (χ2v) is 9.40. The third-order valence-electron chi connectivity index (χ3n) is 3.98. The summed E-state index contributed by atoms with van der Waals surface area (Å²) in [6.45, 7) is 7.34. The van der Waals surface area contributed by atoms with Crippen molar-refractivity contribution < 1.29 is 12.8 Å². The molecule has 2 rings (SSSR count). The predicted molar refractivity (Wildman–Crippen MR) is 122 cm³/mol. The van der Waals surface area contributed by atoms with E-state index >= 15 is 0 Å². The number of halogens is 1. The first-order valence-electron chi connectivity index (χ1n) is 8.78. The number of sulfone groups is 1. The molecule has 7 nitrogen and oxygen atoms in total. The molecule has 0 atom stereocenters. The van der Waals surface area contributed by atoms with E-state index < -0.39 is 9.84 Å². The Morgan fingerprint density at radius 3 is 2.32 bits per heavy atom. The number of guanidine groups is 1. The van der Waals surface area contributed by atoms with Crippen molar-refractivity contribution >= 4 is 39.8 Å². The lowest BCUT2D eigenvalue weighted by Crippen LogP contribution is -2.37. The van der Waals surface area contributed by atoms with Gasteiger partial charge in [0.15, 0.2) is 15.8 Å². The number of hydrogen-bond acceptors (Lipinski definition) is 5. The van der Waals surface area contributed by atoms with Gasteiger partial charge in [0.05, 0.1) is 17.6 Å². The van der Waals surface area contributed by atoms with Crippen molar-refractivity contribution in [1.29, 1.82) is 0 Å². The number of rotatable bonds is 6. The van der Waals surface area contributed by atoms with Crippen molar-refractivity contribution in [2.45, 2.75) is 44.0 Å². The monoisotopic (exact) mass is 520 g/mol. The van der Waals surface area contributed by atoms with Crippen LogP contribution in [-0.2, 0) is 28.2 Å². The Kier molecular flexibility index (Phi) is 8.93. The molecule has 2 N–H and O–H groups in total. The lowest BCUT2D eigenvalue weighted by Gasteiger charge is -2.13. The van der Waals surface area contributed by atoms with E-state index in [4.69, 9.17) is 4.42 Å². The molecular weight excluding hydrogens is 491 g/mol. The number of benzene rings is 1. The van der Waals surface area contributed by atoms with Crippen molar-refractivity contribution in [3.05, 3.63) is 47.7 Å². The van der Waals surface area contributed by atoms with E-state index in [9.17, 15) is 8.42 Å². The number of nitrogens with zero attached hydrogens (tertiary/aromatic N) is 2. The van der Waals surface area contributed by atoms with Gasteiger partial charge in [-0.2, -0.15) is 0 Å². The second kappa shape index (κ2) is 10.2. The molecule has 2 aromatic rings. The van der Waals surface area contributed by atoms with Crippen LogP contribution in [0.1, 0.15) is 38.0 Å². The second-order valence-electron chi connectivity index (χ2n) is 7.39. The van der Waals surface area contributed by atoms with Crippen LogP contribution in [-0.4, -0.2) is 39.2 Å². The van der Waals surface area contributed by atoms with Gasteiger partial charge in [-0.1, -0.05) is 32.9 Å². The molecule has 0 unspecified atom stereocenters. The van der Waals surface area contributed by atoms with Crippen molar-refractivity contribution in [2.75, 3.05) is 19.8 Å². The van der Waals surface area contributed by atoms with E-state index in [1.807, 2.05) is 12.1 Å². The van der Waals surface area contributed by atoms with Crippen molar-refractivity contribution in [3.63, 3.8) is 0 Å². The van der Waals surface area contributed by atoms with Gasteiger partial charge in [0, 0.05) is 25.3 Å². The van der Waals surface area contributed by atoms with E-state index in [0.29, 0.717) is 29.8 Å². The van der Waals surface area contributed by atoms with E-state index in [1.54, 1.807) is 25.4 Å². The van der Waals surface area contributed by atoms with Crippen molar-refractivity contribution in [3.8, 4) is 0 Å². The third kappa shape index (κ3) is 7.42. The van der Waals surface area contributed by atoms with Crippen molar-refractivity contribution in [2.24, 2.45) is 4.99 Å². The molecule has 0 saturated carbocycles. The molecule has 1 heterocycles. The van der Waals surface area contributed by atoms with E-state index in [1.165, 1.54) is 6.26 Å². The van der Waals surface area contributed by atoms with Crippen LogP contribution in [0.4, 0.5) is 0 Å². The zero-order chi connectivity index (χ0) is 20.1. The summed E-state index contributed by atoms with van der Waals surface area (Å²) in [5.74, 6) is 2.11. The van der Waals surface area contributed by atoms with Gasteiger partial charge in [-0.05, 0) is 24.1 Å². The van der Waals surface area contributed by atoms with Crippen LogP contribution in [0.5, 0.6) is 0 Å². The first-order chi connectivity index (χ1) is 12.6. The standard InChI is InChI=1S/C19H28N4O3S.HI/c1-19(2,3)16-12-22-17(26-16)13-23-18(20-4)21-11-10-14-6-8-15(9-7-14)27(5,24)25;/h6-9,12H,10-11,13H2,1-5H3,(H2,20,21,23);1H. The fraction of sp³-hybridized carbons (Fsp3) is 0.474. The van der Waals surface area contributed by atoms with Gasteiger partial charge in [0.25, 0.3) is 0 Å². The molecule has 0 aliphatic carbocycles. The van der Waals surface area contributed by atoms with Crippen LogP contribution in [0.15, 0.2) is 44.8 Å². The zero-order valence-corrected chi connectivity index (χ0v) is 20.1. The van der Waals surface area contributed by atoms with Gasteiger partial charge < -0.3 is 15.1 Å². The summed E-state index contributed by atoms with van der Waals surface area (Å²) in [7, 11) is -1.46. The summed E-state index contributed by atoms with van der Waals surface area (Å²) >= 11 is 0. The summed E-state index contributed by atoms with van der Waals surface area (Å²) in [6.07, 6.45) is 3.71. The van der Waals surface area contributed by atoms with Crippen LogP contribution in [0.2, 0.25) is 0 Å². The average molecular weight is 520 g/mol. The Morgan fingerprint density at radius 2 is 1.82 bits per heavy atom. The van der Waals surface area contributed by atoms with Gasteiger partial charge in [-0.15, -0.1) is 24.0 Å². The molecule has 0 spiro atoms. The summed E-state index contributed by atoms with van der Waals surface area (Å²) in [6, 6.07) is 6.92. The molecule has 9 heteroatoms. The lowest BCUT2D eigenvalue weighted by molar-refractivity contribution is 0.379. The largest absolute Gasteiger partial charge is 0.443 e. The van der Waals surface area contributed by atoms with Crippen LogP contribution in [0.3, 0.4) is 0 Å². The number of nitrogens with one attached hydrogen (secondary N) is 2. The maximum Gasteiger partial charge on any atom is 0.213 e. The SMILES string of the molecule is CN=C(NCCc1ccc(S(C)(=O)=O)cc1)NCc1ncc(C(C)(C)C)o1.I. The van der Waals surface area contributed by atoms with E-state index in [2.05, 4.69) is 41.4 Å². The first kappa shape index (κ1) is 24.4. The van der Waals surface area contributed by atoms with Crippen LogP contribution in [0, 0.1) is 0 Å². The fourth-order valence-corrected chi connectivity index (χ4v) is 2.98. The minimum absolute atomic E-state index is 0. The number of aliphatic imine (C=N–C) groups is 1. The van der Waals surface area contributed by atoms with Gasteiger partial charge in [0.1, 0.15) is 5.76 Å². The summed E-state index contributed by atoms with van der Waals surface area (Å²) in [5.41, 5.74) is 0.977. The minimum atomic E-state index is -3.16. The highest BCUT2D eigenvalue weighted by atomic mass is 127. The molecule has 0 saturated heterocycles. The Hall–Kier alpha value is -1.62. The zero-order valence-electron chi connectivity index (χ0n) is 16.9. The Labute approximate surface area is 184 Å². The predicted octanol–water partition coefficient (Wildman–Crippen LogP) is 2.90. The average Bonchev–Trinajstić information content (AvgIpc) is 3.07. The summed E-state index contributed by atoms with van der Waals surface area (Å²) in [5, 5.41) is 6.39. The van der Waals surface area contributed by atoms with Crippen molar-refractivity contribution in [1.82, 2.24) is 15.6 Å². The molecule has 0 radical (unpaired) electrons. The van der Waals surface area contributed by atoms with Gasteiger partial charge in [0.2, 0.25) is 5.89 Å². The highest BCUT2D eigenvalue weighted by molar-refractivity contribution is 14.0. The molecule has 0 aliphatic heterocycles. The first-order valence-corrected chi connectivity index (χ1v) is 10.7. The molecule has 1 aromatic carbocycles. The van der Waals surface area contributed by atoms with Gasteiger partial charge in [-0.3, -0.25) is 4.99 Å². The normalized spacial score (nSPS) is 12.4. The Bertz CT molecular complexity index is 885. The molecule has 0 fully saturated rings. The Morgan fingerprint density at radius 1 is 1.18 bits per heavy atom. The van der Waals surface area contributed by atoms with Crippen LogP contribution < -0.4 is 10.6 Å². The molecule has 0 amide bonds. The maximum atomic E-state index is 11.5. The molecule has 0 aliphatic rings. The maximum absolute atomic E-state index is 11.5. The molecule has 156 valence electrons. The van der Waals surface area contributed by atoms with E-state index in [0.717, 1.165) is 17.7 Å². The Balaban J connectivity index is 0.00000392. The number of aromatic nitrogens is 1. The highest BCUT2D eigenvalue weighted by Gasteiger charge is 2.19. The van der Waals surface area contributed by atoms with Crippen LogP contribution in [0.25, 0.3) is 0 Å². The smallest absolute Gasteiger partial charge is 0.213 e. The van der Waals surface area contributed by atoms with Gasteiger partial charge >= 0.3 is 0 Å². The summed E-state index contributed by atoms with van der Waals surface area (Å²) < 4.78 is 28.7. The molecule has 28 heavy (non-hydrogen) atoms. The highest BCUT2D eigenvalue weighted by Crippen LogP contribution is 2.22. The van der Waals surface area contributed by atoms with Crippen LogP contribution >= 0.6 is 24.0 Å². The minimum Gasteiger partial charge on any atom is -0.443 e. The number of hydrogen-bond donors (Lipinski definition) is 2. The molecule has 0 bridgehead atoms. The topological polar surface area (TPSA) is 96.6 Å². The van der Waals surface area contributed by atoms with E-state index in [-0.39, 0.29) is 29.4 Å². The lowest BCUT2D eigenvalue weighted by atomic mass is 9.94. The molecule has 1 aromatic heterocycles. The number of oxazole rings is 1. The molecular formula is C19H29IN4O3S.